The molecule has 2 N–H and O–H groups in total. The molecule has 0 spiro atoms. The minimum absolute atomic E-state index is 0.265. The Morgan fingerprint density at radius 3 is 2.60 bits per heavy atom. The van der Waals surface area contributed by atoms with Gasteiger partial charge < -0.3 is 0 Å². The highest BCUT2D eigenvalue weighted by molar-refractivity contribution is 5.31. The number of nitrogens with one attached hydrogen (secondary N) is 2. The van der Waals surface area contributed by atoms with E-state index in [2.05, 4.69) is 35.4 Å². The zero-order valence-corrected chi connectivity index (χ0v) is 9.76. The SMILES string of the molecule is CCC(C)NC(C#N)c1c(C)n[nH]c1C. The molecule has 82 valence electrons. The molecule has 0 aromatic carbocycles. The Morgan fingerprint density at radius 2 is 2.20 bits per heavy atom. The van der Waals surface area contributed by atoms with Crippen LogP contribution >= 0.6 is 0 Å². The van der Waals surface area contributed by atoms with E-state index in [9.17, 15) is 0 Å². The van der Waals surface area contributed by atoms with Crippen LogP contribution in [0.3, 0.4) is 0 Å². The lowest BCUT2D eigenvalue weighted by molar-refractivity contribution is 0.499. The molecule has 0 saturated carbocycles. The minimum Gasteiger partial charge on any atom is -0.296 e. The zero-order valence-electron chi connectivity index (χ0n) is 9.76. The van der Waals surface area contributed by atoms with Crippen molar-refractivity contribution < 1.29 is 0 Å². The van der Waals surface area contributed by atoms with E-state index in [1.807, 2.05) is 13.8 Å². The highest BCUT2D eigenvalue weighted by atomic mass is 15.1. The van der Waals surface area contributed by atoms with Crippen LogP contribution in [0.4, 0.5) is 0 Å². The number of aromatic nitrogens is 2. The molecule has 0 aliphatic heterocycles. The Kier molecular flexibility index (Phi) is 3.87. The molecule has 0 radical (unpaired) electrons. The maximum absolute atomic E-state index is 9.14. The van der Waals surface area contributed by atoms with Gasteiger partial charge in [0.05, 0.1) is 11.8 Å². The van der Waals surface area contributed by atoms with Crippen LogP contribution in [0.5, 0.6) is 0 Å². The Balaban J connectivity index is 2.89. The number of H-pyrrole nitrogens is 1. The van der Waals surface area contributed by atoms with Crippen molar-refractivity contribution >= 4 is 0 Å². The third-order valence-corrected chi connectivity index (χ3v) is 2.67. The van der Waals surface area contributed by atoms with Crippen molar-refractivity contribution in [3.8, 4) is 6.07 Å². The van der Waals surface area contributed by atoms with Crippen LogP contribution in [0, 0.1) is 25.2 Å². The number of aromatic amines is 1. The van der Waals surface area contributed by atoms with Crippen molar-refractivity contribution in [2.75, 3.05) is 0 Å². The van der Waals surface area contributed by atoms with Crippen LogP contribution in [-0.4, -0.2) is 16.2 Å². The number of aryl methyl sites for hydroxylation is 2. The molecular weight excluding hydrogens is 188 g/mol. The summed E-state index contributed by atoms with van der Waals surface area (Å²) in [6.45, 7) is 8.04. The van der Waals surface area contributed by atoms with Gasteiger partial charge in [-0.1, -0.05) is 6.92 Å². The van der Waals surface area contributed by atoms with E-state index in [0.717, 1.165) is 23.4 Å². The summed E-state index contributed by atoms with van der Waals surface area (Å²) in [7, 11) is 0. The van der Waals surface area contributed by atoms with Crippen molar-refractivity contribution in [2.45, 2.75) is 46.2 Å². The Labute approximate surface area is 90.7 Å². The van der Waals surface area contributed by atoms with Gasteiger partial charge in [0.1, 0.15) is 6.04 Å². The summed E-state index contributed by atoms with van der Waals surface area (Å²) in [4.78, 5) is 0. The summed E-state index contributed by atoms with van der Waals surface area (Å²) in [5, 5.41) is 19.4. The van der Waals surface area contributed by atoms with E-state index >= 15 is 0 Å². The summed E-state index contributed by atoms with van der Waals surface area (Å²) < 4.78 is 0. The number of nitriles is 1. The van der Waals surface area contributed by atoms with Crippen molar-refractivity contribution in [1.82, 2.24) is 15.5 Å². The summed E-state index contributed by atoms with van der Waals surface area (Å²) in [5.41, 5.74) is 2.85. The van der Waals surface area contributed by atoms with Gasteiger partial charge >= 0.3 is 0 Å². The largest absolute Gasteiger partial charge is 0.296 e. The Bertz CT molecular complexity index is 342. The standard InChI is InChI=1S/C11H18N4/c1-5-7(2)13-10(6-12)11-8(3)14-15-9(11)4/h7,10,13H,5H2,1-4H3,(H,14,15). The Hall–Kier alpha value is -1.34. The smallest absolute Gasteiger partial charge is 0.125 e. The first kappa shape index (κ1) is 11.7. The van der Waals surface area contributed by atoms with Gasteiger partial charge in [-0.25, -0.2) is 0 Å². The lowest BCUT2D eigenvalue weighted by Crippen LogP contribution is -2.29. The van der Waals surface area contributed by atoms with E-state index in [0.29, 0.717) is 6.04 Å². The molecule has 0 aliphatic carbocycles. The third kappa shape index (κ3) is 2.57. The van der Waals surface area contributed by atoms with E-state index in [-0.39, 0.29) is 6.04 Å². The molecule has 1 rings (SSSR count). The molecule has 0 bridgehead atoms. The zero-order chi connectivity index (χ0) is 11.4. The highest BCUT2D eigenvalue weighted by Crippen LogP contribution is 2.19. The van der Waals surface area contributed by atoms with Gasteiger partial charge in [0.25, 0.3) is 0 Å². The van der Waals surface area contributed by atoms with Crippen LogP contribution in [0.25, 0.3) is 0 Å². The van der Waals surface area contributed by atoms with Gasteiger partial charge in [-0.05, 0) is 27.2 Å². The van der Waals surface area contributed by atoms with Gasteiger partial charge in [0.2, 0.25) is 0 Å². The molecule has 2 atom stereocenters. The fourth-order valence-electron chi connectivity index (χ4n) is 1.57. The monoisotopic (exact) mass is 206 g/mol. The number of hydrogen-bond acceptors (Lipinski definition) is 3. The molecule has 1 aromatic rings. The van der Waals surface area contributed by atoms with Crippen molar-refractivity contribution in [3.05, 3.63) is 17.0 Å². The van der Waals surface area contributed by atoms with Gasteiger partial charge in [-0.2, -0.15) is 10.4 Å². The predicted molar refractivity (Wildman–Crippen MR) is 59.3 cm³/mol. The predicted octanol–water partition coefficient (Wildman–Crippen LogP) is 1.98. The molecule has 0 amide bonds. The van der Waals surface area contributed by atoms with Gasteiger partial charge in [-0.15, -0.1) is 0 Å². The van der Waals surface area contributed by atoms with Crippen molar-refractivity contribution in [1.29, 1.82) is 5.26 Å². The van der Waals surface area contributed by atoms with E-state index in [1.54, 1.807) is 0 Å². The maximum atomic E-state index is 9.14. The average molecular weight is 206 g/mol. The molecule has 0 saturated heterocycles. The lowest BCUT2D eigenvalue weighted by Gasteiger charge is -2.16. The van der Waals surface area contributed by atoms with Crippen LogP contribution in [0.2, 0.25) is 0 Å². The molecule has 4 heteroatoms. The molecule has 1 aromatic heterocycles. The minimum atomic E-state index is -0.265. The van der Waals surface area contributed by atoms with Crippen molar-refractivity contribution in [2.24, 2.45) is 0 Å². The Morgan fingerprint density at radius 1 is 1.53 bits per heavy atom. The summed E-state index contributed by atoms with van der Waals surface area (Å²) in [6, 6.07) is 2.35. The van der Waals surface area contributed by atoms with Crippen LogP contribution in [-0.2, 0) is 0 Å². The van der Waals surface area contributed by atoms with Crippen molar-refractivity contribution in [3.63, 3.8) is 0 Å². The maximum Gasteiger partial charge on any atom is 0.125 e. The summed E-state index contributed by atoms with van der Waals surface area (Å²) in [6.07, 6.45) is 1.01. The molecule has 15 heavy (non-hydrogen) atoms. The number of rotatable bonds is 4. The normalized spacial score (nSPS) is 14.6. The lowest BCUT2D eigenvalue weighted by atomic mass is 10.0. The highest BCUT2D eigenvalue weighted by Gasteiger charge is 2.19. The van der Waals surface area contributed by atoms with Crippen LogP contribution in [0.15, 0.2) is 0 Å². The van der Waals surface area contributed by atoms with E-state index in [1.165, 1.54) is 0 Å². The van der Waals surface area contributed by atoms with Crippen LogP contribution in [0.1, 0.15) is 43.3 Å². The third-order valence-electron chi connectivity index (χ3n) is 2.67. The first-order valence-corrected chi connectivity index (χ1v) is 5.27. The molecule has 0 fully saturated rings. The quantitative estimate of drug-likeness (QED) is 0.791. The fourth-order valence-corrected chi connectivity index (χ4v) is 1.57. The summed E-state index contributed by atoms with van der Waals surface area (Å²) in [5.74, 6) is 0. The first-order chi connectivity index (χ1) is 7.10. The molecular formula is C11H18N4. The van der Waals surface area contributed by atoms with Gasteiger partial charge in [0.15, 0.2) is 0 Å². The summed E-state index contributed by atoms with van der Waals surface area (Å²) >= 11 is 0. The van der Waals surface area contributed by atoms with Gasteiger partial charge in [0, 0.05) is 17.3 Å². The second-order valence-electron chi connectivity index (χ2n) is 3.89. The van der Waals surface area contributed by atoms with Gasteiger partial charge in [-0.3, -0.25) is 10.4 Å². The fraction of sp³-hybridized carbons (Fsp3) is 0.636. The molecule has 4 nitrogen and oxygen atoms in total. The average Bonchev–Trinajstić information content (AvgIpc) is 2.55. The number of nitrogens with zero attached hydrogens (tertiary/aromatic N) is 2. The molecule has 2 unspecified atom stereocenters. The van der Waals surface area contributed by atoms with E-state index in [4.69, 9.17) is 5.26 Å². The molecule has 0 aliphatic rings. The number of hydrogen-bond donors (Lipinski definition) is 2. The van der Waals surface area contributed by atoms with Crippen LogP contribution < -0.4 is 5.32 Å². The second-order valence-corrected chi connectivity index (χ2v) is 3.89. The second kappa shape index (κ2) is 4.94. The topological polar surface area (TPSA) is 64.5 Å². The molecule has 1 heterocycles. The first-order valence-electron chi connectivity index (χ1n) is 5.27. The van der Waals surface area contributed by atoms with E-state index < -0.39 is 0 Å².